The van der Waals surface area contributed by atoms with Gasteiger partial charge in [-0.1, -0.05) is 32.9 Å². The van der Waals surface area contributed by atoms with Crippen LogP contribution in [-0.2, 0) is 12.0 Å². The maximum Gasteiger partial charge on any atom is 0.216 e. The van der Waals surface area contributed by atoms with Crippen LogP contribution in [0.2, 0.25) is 0 Å². The van der Waals surface area contributed by atoms with Crippen LogP contribution in [0.4, 0.5) is 4.39 Å². The van der Waals surface area contributed by atoms with Gasteiger partial charge in [0.15, 0.2) is 0 Å². The van der Waals surface area contributed by atoms with Crippen LogP contribution < -0.4 is 4.74 Å². The molecule has 0 amide bonds. The molecule has 0 atom stereocenters. The van der Waals surface area contributed by atoms with Crippen molar-refractivity contribution >= 4 is 0 Å². The first-order valence-electron chi connectivity index (χ1n) is 6.57. The lowest BCUT2D eigenvalue weighted by molar-refractivity contribution is 0.284. The van der Waals surface area contributed by atoms with Gasteiger partial charge in [0.05, 0.1) is 0 Å². The molecule has 20 heavy (non-hydrogen) atoms. The first-order chi connectivity index (χ1) is 9.36. The van der Waals surface area contributed by atoms with Crippen molar-refractivity contribution in [2.45, 2.75) is 39.7 Å². The van der Waals surface area contributed by atoms with E-state index in [4.69, 9.17) is 4.74 Å². The molecule has 0 aliphatic carbocycles. The summed E-state index contributed by atoms with van der Waals surface area (Å²) in [6.45, 7) is 8.11. The maximum absolute atomic E-state index is 13.7. The number of nitrogens with zero attached hydrogens (tertiary/aromatic N) is 2. The van der Waals surface area contributed by atoms with E-state index in [1.807, 2.05) is 33.8 Å². The average Bonchev–Trinajstić information content (AvgIpc) is 2.37. The number of ether oxygens (including phenoxy) is 1. The van der Waals surface area contributed by atoms with Crippen molar-refractivity contribution in [1.29, 1.82) is 0 Å². The van der Waals surface area contributed by atoms with Crippen molar-refractivity contribution in [3.05, 3.63) is 53.2 Å². The number of aryl methyl sites for hydroxylation is 1. The van der Waals surface area contributed by atoms with Gasteiger partial charge in [0, 0.05) is 23.2 Å². The molecule has 0 radical (unpaired) electrons. The van der Waals surface area contributed by atoms with Crippen molar-refractivity contribution in [2.75, 3.05) is 0 Å². The molecular formula is C16H19FN2O. The van der Waals surface area contributed by atoms with Crippen LogP contribution in [0.3, 0.4) is 0 Å². The van der Waals surface area contributed by atoms with Crippen molar-refractivity contribution in [1.82, 2.24) is 9.97 Å². The molecule has 0 fully saturated rings. The summed E-state index contributed by atoms with van der Waals surface area (Å²) in [6.07, 6.45) is 1.66. The lowest BCUT2D eigenvalue weighted by Gasteiger charge is -2.16. The summed E-state index contributed by atoms with van der Waals surface area (Å²) in [5, 5.41) is 0. The van der Waals surface area contributed by atoms with Crippen molar-refractivity contribution in [2.24, 2.45) is 0 Å². The molecule has 0 saturated carbocycles. The summed E-state index contributed by atoms with van der Waals surface area (Å²) in [4.78, 5) is 8.58. The predicted octanol–water partition coefficient (Wildman–Crippen LogP) is 3.80. The van der Waals surface area contributed by atoms with Gasteiger partial charge in [-0.25, -0.2) is 9.37 Å². The SMILES string of the molecule is Cc1ccc(COc2ccnc(C(C)(C)C)n2)c(F)c1. The summed E-state index contributed by atoms with van der Waals surface area (Å²) in [5.74, 6) is 0.916. The molecule has 106 valence electrons. The molecule has 0 spiro atoms. The Kier molecular flexibility index (Phi) is 4.02. The number of benzene rings is 1. The van der Waals surface area contributed by atoms with Crippen molar-refractivity contribution < 1.29 is 9.13 Å². The number of aromatic nitrogens is 2. The van der Waals surface area contributed by atoms with Crippen LogP contribution in [0.5, 0.6) is 5.88 Å². The molecule has 3 nitrogen and oxygen atoms in total. The third-order valence-electron chi connectivity index (χ3n) is 2.88. The first kappa shape index (κ1) is 14.4. The van der Waals surface area contributed by atoms with Gasteiger partial charge >= 0.3 is 0 Å². The number of hydrogen-bond acceptors (Lipinski definition) is 3. The Labute approximate surface area is 118 Å². The lowest BCUT2D eigenvalue weighted by atomic mass is 9.96. The van der Waals surface area contributed by atoms with Crippen LogP contribution in [-0.4, -0.2) is 9.97 Å². The standard InChI is InChI=1S/C16H19FN2O/c1-11-5-6-12(13(17)9-11)10-20-14-7-8-18-15(19-14)16(2,3)4/h5-9H,10H2,1-4H3. The minimum atomic E-state index is -0.255. The molecule has 2 aromatic rings. The summed E-state index contributed by atoms with van der Waals surface area (Å²) in [7, 11) is 0. The topological polar surface area (TPSA) is 35.0 Å². The molecule has 0 bridgehead atoms. The summed E-state index contributed by atoms with van der Waals surface area (Å²) in [5.41, 5.74) is 1.27. The average molecular weight is 274 g/mol. The van der Waals surface area contributed by atoms with E-state index in [2.05, 4.69) is 9.97 Å². The van der Waals surface area contributed by atoms with Gasteiger partial charge < -0.3 is 4.74 Å². The van der Waals surface area contributed by atoms with Gasteiger partial charge in [0.2, 0.25) is 5.88 Å². The van der Waals surface area contributed by atoms with Gasteiger partial charge in [0.1, 0.15) is 18.2 Å². The third-order valence-corrected chi connectivity index (χ3v) is 2.88. The zero-order valence-corrected chi connectivity index (χ0v) is 12.3. The van der Waals surface area contributed by atoms with Crippen LogP contribution in [0.25, 0.3) is 0 Å². The second kappa shape index (κ2) is 5.57. The van der Waals surface area contributed by atoms with Gasteiger partial charge in [-0.15, -0.1) is 0 Å². The van der Waals surface area contributed by atoms with Crippen LogP contribution >= 0.6 is 0 Å². The predicted molar refractivity (Wildman–Crippen MR) is 76.2 cm³/mol. The van der Waals surface area contributed by atoms with Crippen molar-refractivity contribution in [3.63, 3.8) is 0 Å². The molecule has 0 unspecified atom stereocenters. The molecule has 0 N–H and O–H groups in total. The maximum atomic E-state index is 13.7. The highest BCUT2D eigenvalue weighted by molar-refractivity contribution is 5.23. The number of hydrogen-bond donors (Lipinski definition) is 0. The molecule has 1 aromatic heterocycles. The van der Waals surface area contributed by atoms with E-state index in [1.54, 1.807) is 18.3 Å². The van der Waals surface area contributed by atoms with Gasteiger partial charge in [-0.05, 0) is 18.6 Å². The molecule has 0 saturated heterocycles. The molecule has 0 aliphatic heterocycles. The Morgan fingerprint density at radius 3 is 2.60 bits per heavy atom. The van der Waals surface area contributed by atoms with E-state index in [-0.39, 0.29) is 17.8 Å². The monoisotopic (exact) mass is 274 g/mol. The molecule has 4 heteroatoms. The van der Waals surface area contributed by atoms with E-state index in [0.717, 1.165) is 5.56 Å². The minimum absolute atomic E-state index is 0.144. The normalized spacial score (nSPS) is 11.4. The minimum Gasteiger partial charge on any atom is -0.473 e. The Balaban J connectivity index is 2.11. The second-order valence-electron chi connectivity index (χ2n) is 5.85. The van der Waals surface area contributed by atoms with E-state index in [1.165, 1.54) is 6.07 Å². The zero-order valence-electron chi connectivity index (χ0n) is 12.3. The van der Waals surface area contributed by atoms with Crippen LogP contribution in [0.1, 0.15) is 37.7 Å². The first-order valence-corrected chi connectivity index (χ1v) is 6.57. The van der Waals surface area contributed by atoms with E-state index < -0.39 is 0 Å². The fourth-order valence-electron chi connectivity index (χ4n) is 1.70. The number of halogens is 1. The van der Waals surface area contributed by atoms with E-state index in [9.17, 15) is 4.39 Å². The quantitative estimate of drug-likeness (QED) is 0.854. The molecule has 2 rings (SSSR count). The van der Waals surface area contributed by atoms with E-state index >= 15 is 0 Å². The fraction of sp³-hybridized carbons (Fsp3) is 0.375. The number of rotatable bonds is 3. The molecular weight excluding hydrogens is 255 g/mol. The lowest BCUT2D eigenvalue weighted by Crippen LogP contribution is -2.16. The molecule has 1 aromatic carbocycles. The molecule has 1 heterocycles. The highest BCUT2D eigenvalue weighted by atomic mass is 19.1. The smallest absolute Gasteiger partial charge is 0.216 e. The summed E-state index contributed by atoms with van der Waals surface area (Å²) in [6, 6.07) is 6.78. The van der Waals surface area contributed by atoms with Crippen molar-refractivity contribution in [3.8, 4) is 5.88 Å². The summed E-state index contributed by atoms with van der Waals surface area (Å²) < 4.78 is 19.3. The Morgan fingerprint density at radius 2 is 1.95 bits per heavy atom. The Hall–Kier alpha value is -1.97. The Bertz CT molecular complexity index is 606. The van der Waals surface area contributed by atoms with Gasteiger partial charge in [0.25, 0.3) is 0 Å². The largest absolute Gasteiger partial charge is 0.473 e. The molecule has 0 aliphatic rings. The van der Waals surface area contributed by atoms with Crippen LogP contribution in [0, 0.1) is 12.7 Å². The third kappa shape index (κ3) is 3.53. The van der Waals surface area contributed by atoms with E-state index in [0.29, 0.717) is 17.3 Å². The highest BCUT2D eigenvalue weighted by Crippen LogP contribution is 2.20. The van der Waals surface area contributed by atoms with Gasteiger partial charge in [-0.2, -0.15) is 4.98 Å². The zero-order chi connectivity index (χ0) is 14.8. The highest BCUT2D eigenvalue weighted by Gasteiger charge is 2.17. The van der Waals surface area contributed by atoms with Gasteiger partial charge in [-0.3, -0.25) is 0 Å². The Morgan fingerprint density at radius 1 is 1.20 bits per heavy atom. The summed E-state index contributed by atoms with van der Waals surface area (Å²) >= 11 is 0. The second-order valence-corrected chi connectivity index (χ2v) is 5.85. The van der Waals surface area contributed by atoms with Crippen LogP contribution in [0.15, 0.2) is 30.5 Å². The fourth-order valence-corrected chi connectivity index (χ4v) is 1.70.